The van der Waals surface area contributed by atoms with Crippen molar-refractivity contribution in [2.75, 3.05) is 67.2 Å². The van der Waals surface area contributed by atoms with Gasteiger partial charge in [0.25, 0.3) is 17.7 Å². The van der Waals surface area contributed by atoms with E-state index >= 15 is 0 Å². The van der Waals surface area contributed by atoms with Gasteiger partial charge in [-0.05, 0) is 181 Å². The number of rotatable bonds is 31. The molecule has 0 radical (unpaired) electrons. The van der Waals surface area contributed by atoms with Gasteiger partial charge in [0, 0.05) is 58.9 Å². The van der Waals surface area contributed by atoms with Gasteiger partial charge in [0.2, 0.25) is 17.6 Å². The second-order valence-electron chi connectivity index (χ2n) is 26.9. The van der Waals surface area contributed by atoms with Crippen LogP contribution in [0, 0.1) is 19.3 Å². The van der Waals surface area contributed by atoms with Crippen LogP contribution in [0.3, 0.4) is 0 Å². The Balaban J connectivity index is 0.000000332. The van der Waals surface area contributed by atoms with Crippen molar-refractivity contribution in [3.05, 3.63) is 112 Å². The second-order valence-corrected chi connectivity index (χ2v) is 26.9. The minimum atomic E-state index is -0.419. The molecule has 0 bridgehead atoms. The number of aliphatic hydroxyl groups is 3. The number of aryl methyl sites for hydroxylation is 2. The zero-order valence-corrected chi connectivity index (χ0v) is 64.9. The molecule has 4 aliphatic rings. The second kappa shape index (κ2) is 46.6. The summed E-state index contributed by atoms with van der Waals surface area (Å²) in [6, 6.07) is 22.2. The van der Waals surface area contributed by atoms with Crippen molar-refractivity contribution >= 4 is 58.3 Å². The van der Waals surface area contributed by atoms with Gasteiger partial charge < -0.3 is 70.7 Å². The topological polar surface area (TPSA) is 308 Å². The maximum atomic E-state index is 12.6. The van der Waals surface area contributed by atoms with E-state index in [0.717, 1.165) is 143 Å². The Kier molecular flexibility index (Phi) is 40.7. The zero-order valence-electron chi connectivity index (χ0n) is 62.9. The van der Waals surface area contributed by atoms with Gasteiger partial charge in [0.05, 0.1) is 47.7 Å². The Morgan fingerprint density at radius 1 is 0.539 bits per heavy atom. The van der Waals surface area contributed by atoms with Gasteiger partial charge in [-0.1, -0.05) is 69.5 Å². The fourth-order valence-corrected chi connectivity index (χ4v) is 12.1. The number of carbonyl (C=O) groups is 6. The standard InChI is InChI=1S/C18H34N2O4.C15H22N4O4.C15H21NO2.C14H19NO3.C14H18NO2.Na.H2O/c1-13(21)9-5-7-11-19-15(3)18(24)20(16(4)17(19)23)12-8-6-10-14(2)22;1-10-9-16-13-17(4)14(21)18(15(22)19(10)13)8-6-5-7-11(2)23-12(3)20;1-12(2)7-5-6-10-16-13-8-3-4-9-14(13)18-11-15(16)17;1-11(16)6-4-5-9-15-12-7-2-3-8-13(12)18-10-14(15)17;1-2-3-4-7-10-15-12-8-5-6-9-13(12)17-11-14(15)16;;/h13-16,21-22H,5-12H2,1-4H3;9,11H,5-8H2,1-4H3;3-4,8-9,12H,5-7,10-11H2,1-2H3;2-3,7-8,11,16H,4-6,9-10H2,1H3;2,5-6,8-9H,3-4,7,10-11H2,1H3;;1H2/q;;;;-1;+1;/p-1/t13-,14-,15?,16?;11-;;11-;;;/m11.1.../s1. The fourth-order valence-electron chi connectivity index (χ4n) is 12.1. The van der Waals surface area contributed by atoms with Crippen molar-refractivity contribution in [1.29, 1.82) is 0 Å². The molecule has 1 saturated heterocycles. The van der Waals surface area contributed by atoms with E-state index in [1.807, 2.05) is 89.5 Å². The third-order valence-electron chi connectivity index (χ3n) is 17.7. The van der Waals surface area contributed by atoms with E-state index < -0.39 is 12.1 Å². The molecule has 5 amide bonds. The largest absolute Gasteiger partial charge is 1.00 e. The summed E-state index contributed by atoms with van der Waals surface area (Å²) in [5, 5.41) is 27.8. The normalized spacial score (nSPS) is 16.4. The predicted molar refractivity (Wildman–Crippen MR) is 391 cm³/mol. The van der Waals surface area contributed by atoms with E-state index in [1.165, 1.54) is 33.3 Å². The van der Waals surface area contributed by atoms with Crippen molar-refractivity contribution in [2.24, 2.45) is 13.0 Å². The molecule has 2 unspecified atom stereocenters. The number of hydrogen-bond donors (Lipinski definition) is 3. The molecule has 4 N–H and O–H groups in total. The van der Waals surface area contributed by atoms with Crippen LogP contribution in [0.25, 0.3) is 5.78 Å². The van der Waals surface area contributed by atoms with Gasteiger partial charge in [-0.25, -0.2) is 23.5 Å². The molecule has 2 aromatic heterocycles. The number of anilines is 3. The molecule has 26 heteroatoms. The number of fused-ring (bicyclic) bond motifs is 4. The summed E-state index contributed by atoms with van der Waals surface area (Å²) >= 11 is 0. The van der Waals surface area contributed by atoms with E-state index in [4.69, 9.17) is 18.9 Å². The first-order valence-corrected chi connectivity index (χ1v) is 36.1. The summed E-state index contributed by atoms with van der Waals surface area (Å²) in [4.78, 5) is 109. The van der Waals surface area contributed by atoms with Gasteiger partial charge in [0.1, 0.15) is 29.3 Å². The summed E-state index contributed by atoms with van der Waals surface area (Å²) in [5.41, 5.74) is 2.62. The molecule has 4 aliphatic heterocycles. The van der Waals surface area contributed by atoms with Crippen LogP contribution in [0.2, 0.25) is 0 Å². The third kappa shape index (κ3) is 28.1. The van der Waals surface area contributed by atoms with E-state index in [9.17, 15) is 53.7 Å². The quantitative estimate of drug-likeness (QED) is 0.0174. The number of amides is 5. The molecule has 3 aromatic carbocycles. The van der Waals surface area contributed by atoms with Crippen LogP contribution in [-0.4, -0.2) is 174 Å². The summed E-state index contributed by atoms with van der Waals surface area (Å²) < 4.78 is 25.3. The number of para-hydroxylation sites is 6. The molecular weight excluding hydrogens is 1320 g/mol. The van der Waals surface area contributed by atoms with Gasteiger partial charge in [-0.2, -0.15) is 13.3 Å². The van der Waals surface area contributed by atoms with Crippen LogP contribution in [0.4, 0.5) is 17.1 Å². The van der Waals surface area contributed by atoms with Gasteiger partial charge in [-0.3, -0.25) is 33.3 Å². The molecule has 6 heterocycles. The van der Waals surface area contributed by atoms with E-state index in [0.29, 0.717) is 50.5 Å². The fraction of sp³-hybridized carbons (Fsp3) is 0.605. The van der Waals surface area contributed by atoms with Crippen LogP contribution < -0.4 is 69.8 Å². The van der Waals surface area contributed by atoms with Crippen LogP contribution in [-0.2, 0) is 47.1 Å². The van der Waals surface area contributed by atoms with Gasteiger partial charge in [-0.15, -0.1) is 0 Å². The number of aliphatic hydroxyl groups excluding tert-OH is 3. The molecule has 1 fully saturated rings. The molecule has 6 atom stereocenters. The van der Waals surface area contributed by atoms with E-state index in [2.05, 4.69) is 32.2 Å². The van der Waals surface area contributed by atoms with Crippen molar-refractivity contribution in [3.63, 3.8) is 0 Å². The predicted octanol–water partition coefficient (Wildman–Crippen LogP) is 7.00. The Morgan fingerprint density at radius 3 is 1.28 bits per heavy atom. The molecule has 0 aliphatic carbocycles. The minimum absolute atomic E-state index is 0. The Hall–Kier alpha value is -7.13. The smallest absolute Gasteiger partial charge is 0.870 e. The van der Waals surface area contributed by atoms with E-state index in [-0.39, 0.29) is 126 Å². The number of piperazine rings is 1. The monoisotopic (exact) mass is 1430 g/mol. The van der Waals surface area contributed by atoms with Crippen LogP contribution in [0.1, 0.15) is 191 Å². The average molecular weight is 1430 g/mol. The zero-order chi connectivity index (χ0) is 73.4. The molecule has 0 spiro atoms. The Labute approximate surface area is 625 Å². The van der Waals surface area contributed by atoms with E-state index in [1.54, 1.807) is 69.5 Å². The molecule has 102 heavy (non-hydrogen) atoms. The first kappa shape index (κ1) is 89.1. The summed E-state index contributed by atoms with van der Waals surface area (Å²) in [6.07, 6.45) is 18.8. The summed E-state index contributed by atoms with van der Waals surface area (Å²) in [5.74, 6) is 3.33. The molecular formula is C76H115N9NaO16-. The van der Waals surface area contributed by atoms with Crippen molar-refractivity contribution in [3.8, 4) is 17.2 Å². The molecule has 25 nitrogen and oxygen atoms in total. The molecule has 562 valence electrons. The SMILES string of the molecule is CC(=O)O[C@H](C)CCCCn1c(=O)n(C)c2ncc(C)n2c1=O.CC(C)CCCCN1C(=O)COc2ccccc21.CC1C(=O)N(CCCC[C@@H](C)O)C(C)C(=O)N1CCCC[C@@H](C)O.C[C@@H](O)CCCCN1C(=O)COc2ccccc21.C[CH-]CCCCN1C(=O)COc2ccccc21.[Na+].[OH-]. The molecule has 5 aromatic rings. The first-order valence-electron chi connectivity index (χ1n) is 36.1. The maximum absolute atomic E-state index is 12.6. The third-order valence-corrected chi connectivity index (χ3v) is 17.7. The van der Waals surface area contributed by atoms with Crippen LogP contribution >= 0.6 is 0 Å². The minimum Gasteiger partial charge on any atom is -0.870 e. The van der Waals surface area contributed by atoms with Crippen molar-refractivity contribution in [1.82, 2.24) is 28.3 Å². The molecule has 9 rings (SSSR count). The van der Waals surface area contributed by atoms with Crippen LogP contribution in [0.15, 0.2) is 88.6 Å². The summed E-state index contributed by atoms with van der Waals surface area (Å²) in [7, 11) is 1.60. The Bertz CT molecular complexity index is 3380. The van der Waals surface area contributed by atoms with Crippen molar-refractivity contribution < 1.29 is 98.1 Å². The number of ether oxygens (including phenoxy) is 4. The summed E-state index contributed by atoms with van der Waals surface area (Å²) in [6.45, 7) is 24.6. The number of carbonyl (C=O) groups excluding carboxylic acids is 6. The average Bonchev–Trinajstić information content (AvgIpc) is 1.56. The molecule has 0 saturated carbocycles. The number of hydrogen-bond acceptors (Lipinski definition) is 17. The maximum Gasteiger partial charge on any atom is 1.00 e. The van der Waals surface area contributed by atoms with Gasteiger partial charge in [0.15, 0.2) is 19.8 Å². The number of esters is 1. The number of nitrogens with zero attached hydrogens (tertiary/aromatic N) is 9. The first-order chi connectivity index (χ1) is 47.8. The number of unbranched alkanes of at least 4 members (excludes halogenated alkanes) is 8. The Morgan fingerprint density at radius 2 is 0.902 bits per heavy atom. The van der Waals surface area contributed by atoms with Crippen LogP contribution in [0.5, 0.6) is 17.2 Å². The number of benzene rings is 3. The number of aromatic nitrogens is 4. The number of imidazole rings is 1. The van der Waals surface area contributed by atoms with Gasteiger partial charge >= 0.3 is 46.9 Å². The van der Waals surface area contributed by atoms with Crippen molar-refractivity contribution in [2.45, 2.75) is 235 Å².